The molecule has 0 unspecified atom stereocenters. The van der Waals surface area contributed by atoms with Gasteiger partial charge in [-0.1, -0.05) is 12.1 Å². The number of rotatable bonds is 2. The summed E-state index contributed by atoms with van der Waals surface area (Å²) in [5.41, 5.74) is 0.381. The zero-order valence-corrected chi connectivity index (χ0v) is 10.3. The fourth-order valence-corrected chi connectivity index (χ4v) is 1.51. The van der Waals surface area contributed by atoms with Crippen LogP contribution < -0.4 is 0 Å². The predicted molar refractivity (Wildman–Crippen MR) is 68.2 cm³/mol. The van der Waals surface area contributed by atoms with E-state index in [1.54, 1.807) is 12.1 Å². The summed E-state index contributed by atoms with van der Waals surface area (Å²) >= 11 is 0. The maximum Gasteiger partial charge on any atom is 0.335 e. The Morgan fingerprint density at radius 3 is 1.41 bits per heavy atom. The Balaban J connectivity index is 0.00000144. The topological polar surface area (TPSA) is 74.6 Å². The van der Waals surface area contributed by atoms with Crippen LogP contribution >= 0.6 is 17.0 Å². The number of carboxylic acids is 2. The molecule has 0 fully saturated rings. The molecule has 0 heterocycles. The van der Waals surface area contributed by atoms with Crippen molar-refractivity contribution >= 4 is 39.7 Å². The highest BCUT2D eigenvalue weighted by atomic mass is 79.9. The number of hydrogen-bond acceptors (Lipinski definition) is 2. The summed E-state index contributed by atoms with van der Waals surface area (Å²) in [4.78, 5) is 21.5. The van der Waals surface area contributed by atoms with E-state index in [4.69, 9.17) is 10.2 Å². The number of fused-ring (bicyclic) bond motifs is 1. The van der Waals surface area contributed by atoms with E-state index in [1.807, 2.05) is 0 Å². The minimum Gasteiger partial charge on any atom is -0.478 e. The van der Waals surface area contributed by atoms with Crippen LogP contribution in [0.15, 0.2) is 36.4 Å². The summed E-state index contributed by atoms with van der Waals surface area (Å²) < 4.78 is 0. The fraction of sp³-hybridized carbons (Fsp3) is 0. The van der Waals surface area contributed by atoms with Crippen molar-refractivity contribution in [3.05, 3.63) is 47.5 Å². The van der Waals surface area contributed by atoms with Gasteiger partial charge in [0.15, 0.2) is 0 Å². The Kier molecular flexibility index (Phi) is 3.85. The van der Waals surface area contributed by atoms with Crippen LogP contribution in [0.5, 0.6) is 0 Å². The van der Waals surface area contributed by atoms with Gasteiger partial charge in [0.2, 0.25) is 0 Å². The van der Waals surface area contributed by atoms with Crippen molar-refractivity contribution < 1.29 is 19.8 Å². The highest BCUT2D eigenvalue weighted by Gasteiger charge is 2.06. The molecule has 0 saturated heterocycles. The first-order valence-corrected chi connectivity index (χ1v) is 4.58. The third-order valence-electron chi connectivity index (χ3n) is 2.33. The lowest BCUT2D eigenvalue weighted by Crippen LogP contribution is -1.97. The van der Waals surface area contributed by atoms with Gasteiger partial charge in [0, 0.05) is 0 Å². The lowest BCUT2D eigenvalue weighted by atomic mass is 10.0. The van der Waals surface area contributed by atoms with Gasteiger partial charge in [-0.2, -0.15) is 0 Å². The molecule has 0 amide bonds. The van der Waals surface area contributed by atoms with Gasteiger partial charge in [-0.25, -0.2) is 9.59 Å². The minimum atomic E-state index is -0.996. The third kappa shape index (κ3) is 2.62. The largest absolute Gasteiger partial charge is 0.478 e. The summed E-state index contributed by atoms with van der Waals surface area (Å²) in [6.45, 7) is 0. The van der Waals surface area contributed by atoms with Crippen LogP contribution in [0.2, 0.25) is 0 Å². The van der Waals surface area contributed by atoms with Crippen LogP contribution in [0.25, 0.3) is 10.8 Å². The predicted octanol–water partition coefficient (Wildman–Crippen LogP) is 2.81. The second-order valence-corrected chi connectivity index (χ2v) is 3.39. The van der Waals surface area contributed by atoms with Crippen LogP contribution in [0.1, 0.15) is 20.7 Å². The average Bonchev–Trinajstić information content (AvgIpc) is 2.27. The molecule has 0 spiro atoms. The molecule has 0 bridgehead atoms. The minimum absolute atomic E-state index is 0. The molecule has 0 atom stereocenters. The molecule has 2 aromatic carbocycles. The van der Waals surface area contributed by atoms with Gasteiger partial charge in [0.25, 0.3) is 0 Å². The van der Waals surface area contributed by atoms with Gasteiger partial charge >= 0.3 is 11.9 Å². The fourth-order valence-electron chi connectivity index (χ4n) is 1.51. The number of halogens is 1. The summed E-state index contributed by atoms with van der Waals surface area (Å²) in [6.07, 6.45) is 0. The normalized spacial score (nSPS) is 9.65. The van der Waals surface area contributed by atoms with E-state index < -0.39 is 11.9 Å². The second-order valence-electron chi connectivity index (χ2n) is 3.39. The first-order valence-electron chi connectivity index (χ1n) is 4.58. The molecular weight excluding hydrogens is 288 g/mol. The van der Waals surface area contributed by atoms with E-state index in [0.717, 1.165) is 0 Å². The van der Waals surface area contributed by atoms with Crippen LogP contribution in [-0.2, 0) is 0 Å². The van der Waals surface area contributed by atoms with Gasteiger partial charge < -0.3 is 10.2 Å². The van der Waals surface area contributed by atoms with Crippen molar-refractivity contribution in [2.75, 3.05) is 0 Å². The molecule has 88 valence electrons. The van der Waals surface area contributed by atoms with E-state index in [-0.39, 0.29) is 28.1 Å². The van der Waals surface area contributed by atoms with Crippen molar-refractivity contribution in [2.45, 2.75) is 0 Å². The van der Waals surface area contributed by atoms with Crippen LogP contribution in [0, 0.1) is 0 Å². The van der Waals surface area contributed by atoms with Crippen LogP contribution in [0.4, 0.5) is 0 Å². The van der Waals surface area contributed by atoms with Gasteiger partial charge in [-0.3, -0.25) is 0 Å². The summed E-state index contributed by atoms with van der Waals surface area (Å²) in [7, 11) is 0. The standard InChI is InChI=1S/C12H8O4.BrH/c13-11(14)9-3-1-7-5-10(12(15)16)4-2-8(7)6-9;/h1-6H,(H,13,14)(H,15,16);1H. The smallest absolute Gasteiger partial charge is 0.335 e. The van der Waals surface area contributed by atoms with Crippen molar-refractivity contribution in [3.63, 3.8) is 0 Å². The Bertz CT molecular complexity index is 539. The van der Waals surface area contributed by atoms with E-state index in [9.17, 15) is 9.59 Å². The maximum atomic E-state index is 10.7. The maximum absolute atomic E-state index is 10.7. The lowest BCUT2D eigenvalue weighted by Gasteiger charge is -2.01. The second kappa shape index (κ2) is 4.97. The van der Waals surface area contributed by atoms with Crippen LogP contribution in [0.3, 0.4) is 0 Å². The first-order chi connectivity index (χ1) is 7.58. The Morgan fingerprint density at radius 1 is 0.765 bits per heavy atom. The van der Waals surface area contributed by atoms with E-state index in [0.29, 0.717) is 10.8 Å². The number of aromatic carboxylic acids is 2. The SMILES string of the molecule is Br.O=C(O)c1ccc2cc(C(=O)O)ccc2c1. The zero-order valence-electron chi connectivity index (χ0n) is 8.58. The molecule has 0 aliphatic heterocycles. The van der Waals surface area contributed by atoms with Gasteiger partial charge in [0.05, 0.1) is 11.1 Å². The molecule has 0 saturated carbocycles. The van der Waals surface area contributed by atoms with E-state index >= 15 is 0 Å². The summed E-state index contributed by atoms with van der Waals surface area (Å²) in [6, 6.07) is 9.15. The molecule has 0 radical (unpaired) electrons. The van der Waals surface area contributed by atoms with Crippen LogP contribution in [-0.4, -0.2) is 22.2 Å². The Morgan fingerprint density at radius 2 is 1.12 bits per heavy atom. The van der Waals surface area contributed by atoms with Crippen molar-refractivity contribution in [3.8, 4) is 0 Å². The molecule has 2 N–H and O–H groups in total. The molecule has 0 aliphatic carbocycles. The van der Waals surface area contributed by atoms with E-state index in [2.05, 4.69) is 0 Å². The number of benzene rings is 2. The molecule has 5 heteroatoms. The first kappa shape index (κ1) is 13.2. The summed E-state index contributed by atoms with van der Waals surface area (Å²) in [5, 5.41) is 19.0. The zero-order chi connectivity index (χ0) is 11.7. The van der Waals surface area contributed by atoms with Crippen molar-refractivity contribution in [1.82, 2.24) is 0 Å². The van der Waals surface area contributed by atoms with Gasteiger partial charge in [-0.15, -0.1) is 17.0 Å². The van der Waals surface area contributed by atoms with Gasteiger partial charge in [-0.05, 0) is 35.0 Å². The average molecular weight is 297 g/mol. The molecule has 2 rings (SSSR count). The monoisotopic (exact) mass is 296 g/mol. The highest BCUT2D eigenvalue weighted by molar-refractivity contribution is 8.93. The Hall–Kier alpha value is -1.88. The quantitative estimate of drug-likeness (QED) is 0.893. The highest BCUT2D eigenvalue weighted by Crippen LogP contribution is 2.18. The molecule has 4 nitrogen and oxygen atoms in total. The number of hydrogen-bond donors (Lipinski definition) is 2. The lowest BCUT2D eigenvalue weighted by molar-refractivity contribution is 0.0686. The number of carboxylic acid groups (broad SMARTS) is 2. The number of carbonyl (C=O) groups is 2. The summed E-state index contributed by atoms with van der Waals surface area (Å²) in [5.74, 6) is -1.99. The van der Waals surface area contributed by atoms with Crippen molar-refractivity contribution in [2.24, 2.45) is 0 Å². The van der Waals surface area contributed by atoms with E-state index in [1.165, 1.54) is 24.3 Å². The Labute approximate surface area is 107 Å². The third-order valence-corrected chi connectivity index (χ3v) is 2.33. The molecular formula is C12H9BrO4. The molecule has 0 aliphatic rings. The molecule has 2 aromatic rings. The van der Waals surface area contributed by atoms with Crippen molar-refractivity contribution in [1.29, 1.82) is 0 Å². The van der Waals surface area contributed by atoms with Gasteiger partial charge in [0.1, 0.15) is 0 Å². The molecule has 17 heavy (non-hydrogen) atoms. The molecule has 0 aromatic heterocycles.